The molecule has 0 bridgehead atoms. The lowest BCUT2D eigenvalue weighted by Gasteiger charge is -2.33. The highest BCUT2D eigenvalue weighted by Crippen LogP contribution is 2.28. The van der Waals surface area contributed by atoms with Gasteiger partial charge in [-0.3, -0.25) is 4.79 Å². The number of hydrogen-bond acceptors (Lipinski definition) is 4. The van der Waals surface area contributed by atoms with Gasteiger partial charge in [0.25, 0.3) is 5.91 Å². The normalized spacial score (nSPS) is 20.1. The number of ether oxygens (including phenoxy) is 1. The van der Waals surface area contributed by atoms with Gasteiger partial charge in [-0.2, -0.15) is 0 Å². The quantitative estimate of drug-likeness (QED) is 0.735. The molecule has 1 saturated carbocycles. The van der Waals surface area contributed by atoms with E-state index in [1.807, 2.05) is 28.5 Å². The summed E-state index contributed by atoms with van der Waals surface area (Å²) < 4.78 is 5.78. The lowest BCUT2D eigenvalue weighted by molar-refractivity contribution is 0.0444. The molecule has 1 aromatic heterocycles. The highest BCUT2D eigenvalue weighted by Gasteiger charge is 2.29. The Morgan fingerprint density at radius 3 is 2.69 bits per heavy atom. The topological polar surface area (TPSA) is 42.4 Å². The lowest BCUT2D eigenvalue weighted by Crippen LogP contribution is -2.42. The molecule has 0 spiro atoms. The summed E-state index contributed by atoms with van der Waals surface area (Å²) in [6.07, 6.45) is 6.93. The fourth-order valence-electron chi connectivity index (χ4n) is 3.68. The van der Waals surface area contributed by atoms with Gasteiger partial charge in [-0.25, -0.2) is 4.98 Å². The number of rotatable bonds is 7. The van der Waals surface area contributed by atoms with Crippen LogP contribution in [0.15, 0.2) is 35.7 Å². The third kappa shape index (κ3) is 4.33. The first-order valence-corrected chi connectivity index (χ1v) is 10.5. The van der Waals surface area contributed by atoms with E-state index in [4.69, 9.17) is 4.74 Å². The van der Waals surface area contributed by atoms with Crippen molar-refractivity contribution in [2.24, 2.45) is 5.92 Å². The largest absolute Gasteiger partial charge is 0.376 e. The number of carbonyl (C=O) groups is 1. The van der Waals surface area contributed by atoms with Crippen molar-refractivity contribution in [2.75, 3.05) is 19.7 Å². The molecule has 0 N–H and O–H groups in total. The van der Waals surface area contributed by atoms with Gasteiger partial charge in [-0.1, -0.05) is 36.8 Å². The van der Waals surface area contributed by atoms with Crippen LogP contribution in [0.2, 0.25) is 0 Å². The molecule has 1 amide bonds. The van der Waals surface area contributed by atoms with E-state index < -0.39 is 0 Å². The predicted octanol–water partition coefficient (Wildman–Crippen LogP) is 4.16. The summed E-state index contributed by atoms with van der Waals surface area (Å²) in [7, 11) is 0. The Kier molecular flexibility index (Phi) is 5.65. The van der Waals surface area contributed by atoms with E-state index in [1.165, 1.54) is 24.8 Å². The van der Waals surface area contributed by atoms with Crippen LogP contribution in [0.5, 0.6) is 0 Å². The Morgan fingerprint density at radius 1 is 1.15 bits per heavy atom. The average Bonchev–Trinajstić information content (AvgIpc) is 3.29. The van der Waals surface area contributed by atoms with Crippen LogP contribution in [0.1, 0.15) is 53.2 Å². The summed E-state index contributed by atoms with van der Waals surface area (Å²) in [5, 5.41) is 2.92. The van der Waals surface area contributed by atoms with Crippen LogP contribution >= 0.6 is 11.3 Å². The zero-order valence-electron chi connectivity index (χ0n) is 15.1. The Labute approximate surface area is 159 Å². The molecule has 4 rings (SSSR count). The molecule has 2 fully saturated rings. The first kappa shape index (κ1) is 17.7. The van der Waals surface area contributed by atoms with Gasteiger partial charge < -0.3 is 9.64 Å². The average molecular weight is 371 g/mol. The molecule has 26 heavy (non-hydrogen) atoms. The molecule has 4 nitrogen and oxygen atoms in total. The van der Waals surface area contributed by atoms with Crippen molar-refractivity contribution in [3.05, 3.63) is 52.0 Å². The second-order valence-corrected chi connectivity index (χ2v) is 8.37. The van der Waals surface area contributed by atoms with E-state index in [0.29, 0.717) is 18.2 Å². The maximum Gasteiger partial charge on any atom is 0.273 e. The lowest BCUT2D eigenvalue weighted by atomic mass is 9.85. The summed E-state index contributed by atoms with van der Waals surface area (Å²) in [4.78, 5) is 19.7. The highest BCUT2D eigenvalue weighted by molar-refractivity contribution is 7.09. The summed E-state index contributed by atoms with van der Waals surface area (Å²) in [5.41, 5.74) is 1.82. The van der Waals surface area contributed by atoms with Crippen molar-refractivity contribution in [1.82, 2.24) is 9.88 Å². The second-order valence-electron chi connectivity index (χ2n) is 7.43. The minimum Gasteiger partial charge on any atom is -0.376 e. The van der Waals surface area contributed by atoms with E-state index in [2.05, 4.69) is 17.1 Å². The van der Waals surface area contributed by atoms with E-state index in [0.717, 1.165) is 37.4 Å². The number of carbonyl (C=O) groups excluding carboxylic acids is 1. The summed E-state index contributed by atoms with van der Waals surface area (Å²) >= 11 is 1.58. The number of benzene rings is 1. The minimum atomic E-state index is 0.0722. The summed E-state index contributed by atoms with van der Waals surface area (Å²) in [6, 6.07) is 10.3. The van der Waals surface area contributed by atoms with Crippen molar-refractivity contribution in [3.63, 3.8) is 0 Å². The first-order chi connectivity index (χ1) is 12.8. The molecule has 1 aliphatic carbocycles. The number of aromatic nitrogens is 1. The molecule has 2 aliphatic rings. The summed E-state index contributed by atoms with van der Waals surface area (Å²) in [6.45, 7) is 2.39. The number of amides is 1. The standard InChI is InChI=1S/C21H26N2O2S/c24-21(19-15-26-20(22-19)12-16-6-2-1-3-7-16)23(13-17-8-4-9-17)14-18-10-5-11-25-18/h1-3,6-7,15,17-18H,4-5,8-14H2. The van der Waals surface area contributed by atoms with Gasteiger partial charge in [-0.15, -0.1) is 11.3 Å². The Hall–Kier alpha value is -1.72. The van der Waals surface area contributed by atoms with Gasteiger partial charge in [0.05, 0.1) is 11.1 Å². The van der Waals surface area contributed by atoms with Gasteiger partial charge in [0.1, 0.15) is 5.69 Å². The maximum absolute atomic E-state index is 13.1. The smallest absolute Gasteiger partial charge is 0.273 e. The Morgan fingerprint density at radius 2 is 2.00 bits per heavy atom. The molecular weight excluding hydrogens is 344 g/mol. The van der Waals surface area contributed by atoms with Crippen LogP contribution in [0.4, 0.5) is 0 Å². The fourth-order valence-corrected chi connectivity index (χ4v) is 4.49. The number of hydrogen-bond donors (Lipinski definition) is 0. The van der Waals surface area contributed by atoms with Gasteiger partial charge in [0, 0.05) is 31.5 Å². The van der Waals surface area contributed by atoms with Crippen molar-refractivity contribution < 1.29 is 9.53 Å². The van der Waals surface area contributed by atoms with Crippen LogP contribution in [0.3, 0.4) is 0 Å². The molecule has 1 aromatic carbocycles. The van der Waals surface area contributed by atoms with Crippen LogP contribution in [0, 0.1) is 5.92 Å². The molecule has 1 unspecified atom stereocenters. The van der Waals surface area contributed by atoms with E-state index in [-0.39, 0.29) is 12.0 Å². The first-order valence-electron chi connectivity index (χ1n) is 9.67. The van der Waals surface area contributed by atoms with Gasteiger partial charge >= 0.3 is 0 Å². The Balaban J connectivity index is 1.43. The molecular formula is C21H26N2O2S. The van der Waals surface area contributed by atoms with Crippen molar-refractivity contribution >= 4 is 17.2 Å². The van der Waals surface area contributed by atoms with Gasteiger partial charge in [0.2, 0.25) is 0 Å². The minimum absolute atomic E-state index is 0.0722. The van der Waals surface area contributed by atoms with Crippen LogP contribution in [0.25, 0.3) is 0 Å². The summed E-state index contributed by atoms with van der Waals surface area (Å²) in [5.74, 6) is 0.728. The molecule has 2 aromatic rings. The third-order valence-electron chi connectivity index (χ3n) is 5.41. The van der Waals surface area contributed by atoms with Crippen LogP contribution in [-0.4, -0.2) is 41.6 Å². The highest BCUT2D eigenvalue weighted by atomic mass is 32.1. The van der Waals surface area contributed by atoms with E-state index in [9.17, 15) is 4.79 Å². The van der Waals surface area contributed by atoms with Crippen molar-refractivity contribution in [3.8, 4) is 0 Å². The second kappa shape index (κ2) is 8.31. The maximum atomic E-state index is 13.1. The molecule has 2 heterocycles. The zero-order chi connectivity index (χ0) is 17.8. The SMILES string of the molecule is O=C(c1csc(Cc2ccccc2)n1)N(CC1CCC1)CC1CCCO1. The van der Waals surface area contributed by atoms with Gasteiger partial charge in [-0.05, 0) is 37.2 Å². The Bertz CT molecular complexity index is 721. The van der Waals surface area contributed by atoms with Crippen molar-refractivity contribution in [2.45, 2.75) is 44.6 Å². The molecule has 1 aliphatic heterocycles. The number of thiazole rings is 1. The molecule has 1 atom stereocenters. The molecule has 138 valence electrons. The zero-order valence-corrected chi connectivity index (χ0v) is 15.9. The molecule has 5 heteroatoms. The van der Waals surface area contributed by atoms with Crippen molar-refractivity contribution in [1.29, 1.82) is 0 Å². The van der Waals surface area contributed by atoms with E-state index in [1.54, 1.807) is 11.3 Å². The number of nitrogens with zero attached hydrogens (tertiary/aromatic N) is 2. The molecule has 0 radical (unpaired) electrons. The van der Waals surface area contributed by atoms with Crippen LogP contribution < -0.4 is 0 Å². The fraction of sp³-hybridized carbons (Fsp3) is 0.524. The monoisotopic (exact) mass is 370 g/mol. The predicted molar refractivity (Wildman–Crippen MR) is 104 cm³/mol. The van der Waals surface area contributed by atoms with Crippen LogP contribution in [-0.2, 0) is 11.2 Å². The third-order valence-corrected chi connectivity index (χ3v) is 6.26. The van der Waals surface area contributed by atoms with E-state index >= 15 is 0 Å². The molecule has 1 saturated heterocycles. The van der Waals surface area contributed by atoms with Gasteiger partial charge in [0.15, 0.2) is 0 Å².